The Morgan fingerprint density at radius 3 is 2.53 bits per heavy atom. The monoisotopic (exact) mass is 278 g/mol. The largest absolute Gasteiger partial charge is 0.417 e. The summed E-state index contributed by atoms with van der Waals surface area (Å²) in [6.07, 6.45) is -2.71. The fourth-order valence-electron chi connectivity index (χ4n) is 1.60. The van der Waals surface area contributed by atoms with E-state index in [1.54, 1.807) is 0 Å². The molecule has 0 amide bonds. The summed E-state index contributed by atoms with van der Waals surface area (Å²) < 4.78 is 38.2. The molecular formula is C10H6BrF3O. The summed E-state index contributed by atoms with van der Waals surface area (Å²) in [6, 6.07) is 2.51. The van der Waals surface area contributed by atoms with Gasteiger partial charge in [-0.1, -0.05) is 28.1 Å². The van der Waals surface area contributed by atoms with Gasteiger partial charge in [0.15, 0.2) is 0 Å². The maximum absolute atomic E-state index is 12.6. The Hall–Kier alpha value is -0.810. The number of hydrogen-bond acceptors (Lipinski definition) is 1. The van der Waals surface area contributed by atoms with Crippen LogP contribution in [0.25, 0.3) is 6.08 Å². The van der Waals surface area contributed by atoms with Gasteiger partial charge in [-0.05, 0) is 23.3 Å². The number of aliphatic hydroxyl groups is 1. The molecule has 0 fully saturated rings. The van der Waals surface area contributed by atoms with Crippen molar-refractivity contribution < 1.29 is 18.3 Å². The minimum Gasteiger partial charge on any atom is -0.384 e. The van der Waals surface area contributed by atoms with E-state index in [-0.39, 0.29) is 11.1 Å². The topological polar surface area (TPSA) is 20.2 Å². The number of rotatable bonds is 0. The predicted octanol–water partition coefficient (Wildman–Crippen LogP) is 3.53. The van der Waals surface area contributed by atoms with Crippen LogP contribution in [-0.4, -0.2) is 5.11 Å². The molecule has 2 rings (SSSR count). The first-order valence-electron chi connectivity index (χ1n) is 4.16. The molecule has 0 spiro atoms. The summed E-state index contributed by atoms with van der Waals surface area (Å²) in [7, 11) is 0. The Morgan fingerprint density at radius 1 is 1.27 bits per heavy atom. The SMILES string of the molecule is OC1C=Cc2c1cc(Br)cc2C(F)(F)F. The highest BCUT2D eigenvalue weighted by atomic mass is 79.9. The van der Waals surface area contributed by atoms with Gasteiger partial charge in [-0.3, -0.25) is 0 Å². The zero-order valence-electron chi connectivity index (χ0n) is 7.35. The quantitative estimate of drug-likeness (QED) is 0.770. The summed E-state index contributed by atoms with van der Waals surface area (Å²) in [5.74, 6) is 0. The molecule has 0 saturated carbocycles. The minimum atomic E-state index is -4.40. The first-order valence-corrected chi connectivity index (χ1v) is 4.96. The molecule has 1 atom stereocenters. The van der Waals surface area contributed by atoms with Crippen LogP contribution in [-0.2, 0) is 6.18 Å². The second kappa shape index (κ2) is 3.35. The summed E-state index contributed by atoms with van der Waals surface area (Å²) >= 11 is 3.00. The molecular weight excluding hydrogens is 273 g/mol. The smallest absolute Gasteiger partial charge is 0.384 e. The predicted molar refractivity (Wildman–Crippen MR) is 53.1 cm³/mol. The minimum absolute atomic E-state index is 0.0539. The Balaban J connectivity index is 2.67. The Labute approximate surface area is 92.4 Å². The average molecular weight is 279 g/mol. The molecule has 0 heterocycles. The molecule has 15 heavy (non-hydrogen) atoms. The number of hydrogen-bond donors (Lipinski definition) is 1. The lowest BCUT2D eigenvalue weighted by molar-refractivity contribution is -0.137. The normalized spacial score (nSPS) is 19.4. The van der Waals surface area contributed by atoms with Crippen LogP contribution in [0.3, 0.4) is 0 Å². The molecule has 1 aromatic rings. The van der Waals surface area contributed by atoms with Crippen LogP contribution in [0.5, 0.6) is 0 Å². The van der Waals surface area contributed by atoms with Crippen LogP contribution in [0.15, 0.2) is 22.7 Å². The third-order valence-corrected chi connectivity index (χ3v) is 2.70. The van der Waals surface area contributed by atoms with E-state index in [2.05, 4.69) is 15.9 Å². The maximum atomic E-state index is 12.6. The third kappa shape index (κ3) is 1.81. The Bertz CT molecular complexity index is 437. The van der Waals surface area contributed by atoms with Crippen molar-refractivity contribution in [2.24, 2.45) is 0 Å². The van der Waals surface area contributed by atoms with Crippen LogP contribution in [0.1, 0.15) is 22.8 Å². The molecule has 0 bridgehead atoms. The van der Waals surface area contributed by atoms with Gasteiger partial charge in [-0.2, -0.15) is 13.2 Å². The lowest BCUT2D eigenvalue weighted by Gasteiger charge is -2.13. The fraction of sp³-hybridized carbons (Fsp3) is 0.200. The third-order valence-electron chi connectivity index (χ3n) is 2.25. The second-order valence-electron chi connectivity index (χ2n) is 3.26. The van der Waals surface area contributed by atoms with E-state index >= 15 is 0 Å². The van der Waals surface area contributed by atoms with Crippen LogP contribution in [0, 0.1) is 0 Å². The summed E-state index contributed by atoms with van der Waals surface area (Å²) in [5.41, 5.74) is -0.380. The summed E-state index contributed by atoms with van der Waals surface area (Å²) in [6.45, 7) is 0. The molecule has 80 valence electrons. The van der Waals surface area contributed by atoms with E-state index in [0.717, 1.165) is 6.07 Å². The summed E-state index contributed by atoms with van der Waals surface area (Å²) in [5, 5.41) is 9.42. The molecule has 1 aromatic carbocycles. The highest BCUT2D eigenvalue weighted by Gasteiger charge is 2.35. The molecule has 0 aliphatic heterocycles. The van der Waals surface area contributed by atoms with Crippen molar-refractivity contribution in [3.63, 3.8) is 0 Å². The maximum Gasteiger partial charge on any atom is 0.417 e. The summed E-state index contributed by atoms with van der Waals surface area (Å²) in [4.78, 5) is 0. The number of fused-ring (bicyclic) bond motifs is 1. The van der Waals surface area contributed by atoms with Gasteiger partial charge in [-0.25, -0.2) is 0 Å². The van der Waals surface area contributed by atoms with Gasteiger partial charge < -0.3 is 5.11 Å². The molecule has 0 aromatic heterocycles. The molecule has 1 aliphatic rings. The van der Waals surface area contributed by atoms with Gasteiger partial charge in [0.25, 0.3) is 0 Å². The van der Waals surface area contributed by atoms with Crippen molar-refractivity contribution in [2.75, 3.05) is 0 Å². The van der Waals surface area contributed by atoms with Crippen LogP contribution in [0.4, 0.5) is 13.2 Å². The first-order chi connectivity index (χ1) is 6.89. The van der Waals surface area contributed by atoms with E-state index < -0.39 is 17.8 Å². The molecule has 1 nitrogen and oxygen atoms in total. The molecule has 0 saturated heterocycles. The fourth-order valence-corrected chi connectivity index (χ4v) is 2.07. The van der Waals surface area contributed by atoms with E-state index in [9.17, 15) is 18.3 Å². The van der Waals surface area contributed by atoms with E-state index in [1.807, 2.05) is 0 Å². The Kier molecular flexibility index (Phi) is 2.39. The van der Waals surface area contributed by atoms with Crippen LogP contribution in [0.2, 0.25) is 0 Å². The van der Waals surface area contributed by atoms with Crippen molar-refractivity contribution in [3.05, 3.63) is 39.4 Å². The van der Waals surface area contributed by atoms with E-state index in [0.29, 0.717) is 4.47 Å². The lowest BCUT2D eigenvalue weighted by Crippen LogP contribution is -2.08. The zero-order chi connectivity index (χ0) is 11.2. The molecule has 1 aliphatic carbocycles. The molecule has 1 N–H and O–H groups in total. The zero-order valence-corrected chi connectivity index (χ0v) is 8.93. The molecule has 0 radical (unpaired) electrons. The first kappa shape index (κ1) is 10.7. The van der Waals surface area contributed by atoms with Gasteiger partial charge in [0, 0.05) is 4.47 Å². The van der Waals surface area contributed by atoms with Gasteiger partial charge >= 0.3 is 6.18 Å². The van der Waals surface area contributed by atoms with Gasteiger partial charge in [-0.15, -0.1) is 0 Å². The highest BCUT2D eigenvalue weighted by Crippen LogP contribution is 2.40. The second-order valence-corrected chi connectivity index (χ2v) is 4.17. The number of benzene rings is 1. The van der Waals surface area contributed by atoms with Crippen molar-refractivity contribution in [1.82, 2.24) is 0 Å². The van der Waals surface area contributed by atoms with Gasteiger partial charge in [0.2, 0.25) is 0 Å². The van der Waals surface area contributed by atoms with Crippen molar-refractivity contribution >= 4 is 22.0 Å². The van der Waals surface area contributed by atoms with Gasteiger partial charge in [0.05, 0.1) is 11.7 Å². The van der Waals surface area contributed by atoms with Crippen molar-refractivity contribution in [1.29, 1.82) is 0 Å². The molecule has 1 unspecified atom stereocenters. The number of alkyl halides is 3. The average Bonchev–Trinajstić information content (AvgIpc) is 2.45. The van der Waals surface area contributed by atoms with E-state index in [4.69, 9.17) is 0 Å². The highest BCUT2D eigenvalue weighted by molar-refractivity contribution is 9.10. The lowest BCUT2D eigenvalue weighted by atomic mass is 10.0. The van der Waals surface area contributed by atoms with Crippen LogP contribution >= 0.6 is 15.9 Å². The van der Waals surface area contributed by atoms with Crippen molar-refractivity contribution in [2.45, 2.75) is 12.3 Å². The van der Waals surface area contributed by atoms with Crippen molar-refractivity contribution in [3.8, 4) is 0 Å². The Morgan fingerprint density at radius 2 is 1.93 bits per heavy atom. The number of halogens is 4. The number of aliphatic hydroxyl groups excluding tert-OH is 1. The van der Waals surface area contributed by atoms with Gasteiger partial charge in [0.1, 0.15) is 0 Å². The van der Waals surface area contributed by atoms with Crippen LogP contribution < -0.4 is 0 Å². The van der Waals surface area contributed by atoms with E-state index in [1.165, 1.54) is 18.2 Å². The standard InChI is InChI=1S/C10H6BrF3O/c11-5-3-7-6(1-2-9(7)15)8(4-5)10(12,13)14/h1-4,9,15H. The molecule has 5 heteroatoms.